The summed E-state index contributed by atoms with van der Waals surface area (Å²) in [6.45, 7) is 3.72. The van der Waals surface area contributed by atoms with Crippen LogP contribution in [-0.4, -0.2) is 24.2 Å². The molecule has 0 N–H and O–H groups in total. The molecule has 1 atom stereocenters. The monoisotopic (exact) mass is 209 g/mol. The highest BCUT2D eigenvalue weighted by Crippen LogP contribution is 2.12. The summed E-state index contributed by atoms with van der Waals surface area (Å²) in [6.07, 6.45) is 1.68. The molecule has 0 saturated carbocycles. The molecule has 1 unspecified atom stereocenters. The van der Waals surface area contributed by atoms with E-state index in [1.54, 1.807) is 6.20 Å². The molecule has 0 fully saturated rings. The lowest BCUT2D eigenvalue weighted by Crippen LogP contribution is -2.17. The molecule has 1 rings (SSSR count). The second-order valence-corrected chi connectivity index (χ2v) is 3.34. The van der Waals surface area contributed by atoms with E-state index < -0.39 is 0 Å². The van der Waals surface area contributed by atoms with Crippen LogP contribution in [0.25, 0.3) is 0 Å². The standard InChI is InChI=1S/C11H15NO3/c1-8-4-5-10(7-12-8)15-9(2)6-11(13)14-3/h4-5,7,9H,6H2,1-3H3. The minimum atomic E-state index is -0.275. The first-order valence-electron chi connectivity index (χ1n) is 4.78. The molecule has 0 saturated heterocycles. The maximum Gasteiger partial charge on any atom is 0.309 e. The first-order valence-corrected chi connectivity index (χ1v) is 4.78. The third-order valence-corrected chi connectivity index (χ3v) is 1.90. The number of esters is 1. The molecular weight excluding hydrogens is 194 g/mol. The molecule has 4 heteroatoms. The molecule has 82 valence electrons. The van der Waals surface area contributed by atoms with Gasteiger partial charge in [-0.15, -0.1) is 0 Å². The van der Waals surface area contributed by atoms with Crippen LogP contribution in [0.4, 0.5) is 0 Å². The molecule has 1 heterocycles. The lowest BCUT2D eigenvalue weighted by Gasteiger charge is -2.12. The van der Waals surface area contributed by atoms with Gasteiger partial charge in [0.25, 0.3) is 0 Å². The van der Waals surface area contributed by atoms with Gasteiger partial charge in [-0.25, -0.2) is 0 Å². The topological polar surface area (TPSA) is 48.4 Å². The van der Waals surface area contributed by atoms with E-state index in [1.165, 1.54) is 7.11 Å². The maximum absolute atomic E-state index is 10.9. The normalized spacial score (nSPS) is 11.9. The second kappa shape index (κ2) is 5.34. The molecule has 0 aromatic carbocycles. The molecule has 0 aliphatic rings. The molecule has 0 bridgehead atoms. The minimum absolute atomic E-state index is 0.207. The Morgan fingerprint density at radius 3 is 2.80 bits per heavy atom. The van der Waals surface area contributed by atoms with Gasteiger partial charge in [-0.2, -0.15) is 0 Å². The minimum Gasteiger partial charge on any atom is -0.489 e. The van der Waals surface area contributed by atoms with Crippen LogP contribution >= 0.6 is 0 Å². The molecule has 1 aromatic rings. The lowest BCUT2D eigenvalue weighted by atomic mass is 10.3. The van der Waals surface area contributed by atoms with E-state index in [1.807, 2.05) is 26.0 Å². The van der Waals surface area contributed by atoms with Crippen LogP contribution < -0.4 is 4.74 Å². The highest BCUT2D eigenvalue weighted by atomic mass is 16.5. The Balaban J connectivity index is 2.47. The van der Waals surface area contributed by atoms with Crippen molar-refractivity contribution in [2.45, 2.75) is 26.4 Å². The number of carbonyl (C=O) groups excluding carboxylic acids is 1. The van der Waals surface area contributed by atoms with Crippen LogP contribution in [0.15, 0.2) is 18.3 Å². The van der Waals surface area contributed by atoms with E-state index in [2.05, 4.69) is 9.72 Å². The average Bonchev–Trinajstić information content (AvgIpc) is 2.21. The van der Waals surface area contributed by atoms with Gasteiger partial charge in [-0.1, -0.05) is 0 Å². The van der Waals surface area contributed by atoms with Crippen molar-refractivity contribution >= 4 is 5.97 Å². The maximum atomic E-state index is 10.9. The number of aromatic nitrogens is 1. The van der Waals surface area contributed by atoms with Gasteiger partial charge in [0.15, 0.2) is 0 Å². The van der Waals surface area contributed by atoms with Crippen molar-refractivity contribution in [3.05, 3.63) is 24.0 Å². The van der Waals surface area contributed by atoms with Crippen LogP contribution in [0.3, 0.4) is 0 Å². The number of carbonyl (C=O) groups is 1. The number of methoxy groups -OCH3 is 1. The van der Waals surface area contributed by atoms with Gasteiger partial charge in [0, 0.05) is 5.69 Å². The number of nitrogens with zero attached hydrogens (tertiary/aromatic N) is 1. The Morgan fingerprint density at radius 2 is 2.27 bits per heavy atom. The second-order valence-electron chi connectivity index (χ2n) is 3.34. The van der Waals surface area contributed by atoms with Crippen LogP contribution in [0.2, 0.25) is 0 Å². The summed E-state index contributed by atoms with van der Waals surface area (Å²) in [5.41, 5.74) is 0.933. The zero-order chi connectivity index (χ0) is 11.3. The fourth-order valence-corrected chi connectivity index (χ4v) is 1.12. The third-order valence-electron chi connectivity index (χ3n) is 1.90. The molecular formula is C11H15NO3. The zero-order valence-electron chi connectivity index (χ0n) is 9.19. The smallest absolute Gasteiger partial charge is 0.309 e. The summed E-state index contributed by atoms with van der Waals surface area (Å²) >= 11 is 0. The third kappa shape index (κ3) is 3.97. The predicted octanol–water partition coefficient (Wildman–Crippen LogP) is 1.72. The molecule has 0 aliphatic carbocycles. The number of pyridine rings is 1. The Bertz CT molecular complexity index is 321. The van der Waals surface area contributed by atoms with E-state index in [4.69, 9.17) is 4.74 Å². The SMILES string of the molecule is COC(=O)CC(C)Oc1ccc(C)nc1. The van der Waals surface area contributed by atoms with Crippen molar-refractivity contribution in [2.24, 2.45) is 0 Å². The van der Waals surface area contributed by atoms with Gasteiger partial charge >= 0.3 is 5.97 Å². The Morgan fingerprint density at radius 1 is 1.53 bits per heavy atom. The van der Waals surface area contributed by atoms with Gasteiger partial charge in [0.1, 0.15) is 11.9 Å². The van der Waals surface area contributed by atoms with E-state index in [-0.39, 0.29) is 18.5 Å². The van der Waals surface area contributed by atoms with Crippen molar-refractivity contribution in [2.75, 3.05) is 7.11 Å². The fourth-order valence-electron chi connectivity index (χ4n) is 1.12. The van der Waals surface area contributed by atoms with Crippen molar-refractivity contribution in [3.8, 4) is 5.75 Å². The summed E-state index contributed by atoms with van der Waals surface area (Å²) in [6, 6.07) is 3.69. The number of hydrogen-bond acceptors (Lipinski definition) is 4. The summed E-state index contributed by atoms with van der Waals surface area (Å²) < 4.78 is 10.0. The summed E-state index contributed by atoms with van der Waals surface area (Å²) in [4.78, 5) is 15.0. The first-order chi connectivity index (χ1) is 7.11. The quantitative estimate of drug-likeness (QED) is 0.708. The van der Waals surface area contributed by atoms with Gasteiger partial charge in [0.05, 0.1) is 19.7 Å². The van der Waals surface area contributed by atoms with Gasteiger partial charge in [-0.3, -0.25) is 9.78 Å². The molecule has 0 spiro atoms. The van der Waals surface area contributed by atoms with Crippen LogP contribution in [0.1, 0.15) is 19.0 Å². The lowest BCUT2D eigenvalue weighted by molar-refractivity contribution is -0.142. The van der Waals surface area contributed by atoms with Gasteiger partial charge in [0.2, 0.25) is 0 Å². The van der Waals surface area contributed by atoms with Crippen molar-refractivity contribution in [3.63, 3.8) is 0 Å². The summed E-state index contributed by atoms with van der Waals surface area (Å²) in [7, 11) is 1.36. The Hall–Kier alpha value is -1.58. The molecule has 4 nitrogen and oxygen atoms in total. The highest BCUT2D eigenvalue weighted by molar-refractivity contribution is 5.69. The predicted molar refractivity (Wildman–Crippen MR) is 55.7 cm³/mol. The van der Waals surface area contributed by atoms with E-state index in [9.17, 15) is 4.79 Å². The van der Waals surface area contributed by atoms with Gasteiger partial charge < -0.3 is 9.47 Å². The Labute approximate surface area is 89.2 Å². The number of hydrogen-bond donors (Lipinski definition) is 0. The number of rotatable bonds is 4. The molecule has 15 heavy (non-hydrogen) atoms. The first kappa shape index (κ1) is 11.5. The average molecular weight is 209 g/mol. The van der Waals surface area contributed by atoms with Crippen molar-refractivity contribution < 1.29 is 14.3 Å². The number of ether oxygens (including phenoxy) is 2. The molecule has 1 aromatic heterocycles. The molecule has 0 amide bonds. The molecule has 0 radical (unpaired) electrons. The summed E-state index contributed by atoms with van der Waals surface area (Å²) in [5, 5.41) is 0. The van der Waals surface area contributed by atoms with Crippen molar-refractivity contribution in [1.29, 1.82) is 0 Å². The molecule has 0 aliphatic heterocycles. The van der Waals surface area contributed by atoms with Crippen LogP contribution in [0.5, 0.6) is 5.75 Å². The number of aryl methyl sites for hydroxylation is 1. The van der Waals surface area contributed by atoms with E-state index in [0.717, 1.165) is 5.69 Å². The zero-order valence-corrected chi connectivity index (χ0v) is 9.19. The van der Waals surface area contributed by atoms with Gasteiger partial charge in [-0.05, 0) is 26.0 Å². The fraction of sp³-hybridized carbons (Fsp3) is 0.455. The van der Waals surface area contributed by atoms with E-state index in [0.29, 0.717) is 5.75 Å². The largest absolute Gasteiger partial charge is 0.489 e. The highest BCUT2D eigenvalue weighted by Gasteiger charge is 2.10. The Kier molecular flexibility index (Phi) is 4.09. The van der Waals surface area contributed by atoms with Crippen LogP contribution in [-0.2, 0) is 9.53 Å². The summed E-state index contributed by atoms with van der Waals surface area (Å²) in [5.74, 6) is 0.388. The van der Waals surface area contributed by atoms with E-state index >= 15 is 0 Å². The van der Waals surface area contributed by atoms with Crippen molar-refractivity contribution in [1.82, 2.24) is 4.98 Å². The van der Waals surface area contributed by atoms with Crippen LogP contribution in [0, 0.1) is 6.92 Å².